The lowest BCUT2D eigenvalue weighted by Crippen LogP contribution is -2.27. The molecule has 1 aromatic carbocycles. The van der Waals surface area contributed by atoms with Gasteiger partial charge >= 0.3 is 0 Å². The summed E-state index contributed by atoms with van der Waals surface area (Å²) in [6.07, 6.45) is 3.14. The van der Waals surface area contributed by atoms with Gasteiger partial charge in [0.25, 0.3) is 11.1 Å². The van der Waals surface area contributed by atoms with E-state index >= 15 is 0 Å². The molecule has 0 N–H and O–H groups in total. The topological polar surface area (TPSA) is 55.8 Å². The second-order valence-electron chi connectivity index (χ2n) is 5.13. The number of nitrogens with zero attached hydrogens (tertiary/aromatic N) is 1. The van der Waals surface area contributed by atoms with Crippen molar-refractivity contribution in [2.45, 2.75) is 20.0 Å². The van der Waals surface area contributed by atoms with Gasteiger partial charge in [-0.1, -0.05) is 18.2 Å². The summed E-state index contributed by atoms with van der Waals surface area (Å²) in [6.45, 7) is 7.59. The van der Waals surface area contributed by atoms with E-state index in [1.165, 1.54) is 6.08 Å². The number of carbonyl (C=O) groups excluding carboxylic acids is 2. The molecule has 0 atom stereocenters. The molecule has 1 saturated heterocycles. The zero-order chi connectivity index (χ0) is 17.0. The average molecular weight is 333 g/mol. The third-order valence-electron chi connectivity index (χ3n) is 3.05. The van der Waals surface area contributed by atoms with Crippen LogP contribution in [0.5, 0.6) is 11.5 Å². The maximum Gasteiger partial charge on any atom is 0.293 e. The molecule has 0 saturated carbocycles. The van der Waals surface area contributed by atoms with Crippen LogP contribution in [0.25, 0.3) is 6.08 Å². The molecule has 2 rings (SSSR count). The lowest BCUT2D eigenvalue weighted by Gasteiger charge is -2.16. The van der Waals surface area contributed by atoms with E-state index in [1.54, 1.807) is 19.3 Å². The SMILES string of the molecule is C=CCN1C(=O)S/C(=C\c2cccc(OC)c2OC(C)C)C1=O. The average Bonchev–Trinajstić information content (AvgIpc) is 2.76. The first-order chi connectivity index (χ1) is 11.0. The fourth-order valence-corrected chi connectivity index (χ4v) is 2.94. The van der Waals surface area contributed by atoms with Crippen LogP contribution in [0, 0.1) is 0 Å². The molecule has 0 aliphatic carbocycles. The Hall–Kier alpha value is -2.21. The molecule has 23 heavy (non-hydrogen) atoms. The van der Waals surface area contributed by atoms with Gasteiger partial charge in [0, 0.05) is 12.1 Å². The molecule has 1 aliphatic heterocycles. The number of imide groups is 1. The van der Waals surface area contributed by atoms with Crippen LogP contribution in [0.15, 0.2) is 35.8 Å². The molecule has 0 bridgehead atoms. The first-order valence-electron chi connectivity index (χ1n) is 7.17. The summed E-state index contributed by atoms with van der Waals surface area (Å²) in [6, 6.07) is 5.42. The van der Waals surface area contributed by atoms with Gasteiger partial charge in [0.05, 0.1) is 18.1 Å². The van der Waals surface area contributed by atoms with Gasteiger partial charge in [-0.2, -0.15) is 0 Å². The molecule has 0 aromatic heterocycles. The van der Waals surface area contributed by atoms with Crippen LogP contribution in [0.4, 0.5) is 4.79 Å². The third-order valence-corrected chi connectivity index (χ3v) is 3.96. The number of benzene rings is 1. The number of thioether (sulfide) groups is 1. The van der Waals surface area contributed by atoms with E-state index in [2.05, 4.69) is 6.58 Å². The fraction of sp³-hybridized carbons (Fsp3) is 0.294. The van der Waals surface area contributed by atoms with E-state index in [-0.39, 0.29) is 23.8 Å². The lowest BCUT2D eigenvalue weighted by molar-refractivity contribution is -0.122. The first kappa shape index (κ1) is 17.1. The van der Waals surface area contributed by atoms with Crippen molar-refractivity contribution < 1.29 is 19.1 Å². The van der Waals surface area contributed by atoms with Crippen LogP contribution in [0.1, 0.15) is 19.4 Å². The Labute approximate surface area is 139 Å². The molecule has 1 fully saturated rings. The zero-order valence-electron chi connectivity index (χ0n) is 13.4. The van der Waals surface area contributed by atoms with Crippen LogP contribution < -0.4 is 9.47 Å². The zero-order valence-corrected chi connectivity index (χ0v) is 14.2. The molecule has 5 nitrogen and oxygen atoms in total. The Morgan fingerprint density at radius 3 is 2.70 bits per heavy atom. The maximum absolute atomic E-state index is 12.3. The van der Waals surface area contributed by atoms with Crippen LogP contribution in [-0.4, -0.2) is 35.8 Å². The van der Waals surface area contributed by atoms with Crippen molar-refractivity contribution in [1.29, 1.82) is 0 Å². The molecule has 0 spiro atoms. The Kier molecular flexibility index (Phi) is 5.50. The molecule has 0 radical (unpaired) electrons. The highest BCUT2D eigenvalue weighted by molar-refractivity contribution is 8.18. The first-order valence-corrected chi connectivity index (χ1v) is 7.99. The summed E-state index contributed by atoms with van der Waals surface area (Å²) in [5.74, 6) is 0.816. The quantitative estimate of drug-likeness (QED) is 0.587. The fourth-order valence-electron chi connectivity index (χ4n) is 2.10. The van der Waals surface area contributed by atoms with Gasteiger partial charge in [0.15, 0.2) is 11.5 Å². The number of para-hydroxylation sites is 1. The summed E-state index contributed by atoms with van der Waals surface area (Å²) >= 11 is 0.912. The molecular weight excluding hydrogens is 314 g/mol. The smallest absolute Gasteiger partial charge is 0.293 e. The van der Waals surface area contributed by atoms with Gasteiger partial charge in [0.1, 0.15) is 0 Å². The van der Waals surface area contributed by atoms with Crippen molar-refractivity contribution in [3.63, 3.8) is 0 Å². The van der Waals surface area contributed by atoms with Gasteiger partial charge < -0.3 is 9.47 Å². The Balaban J connectivity index is 2.41. The molecule has 2 amide bonds. The van der Waals surface area contributed by atoms with Crippen molar-refractivity contribution in [2.75, 3.05) is 13.7 Å². The Bertz CT molecular complexity index is 667. The molecule has 6 heteroatoms. The van der Waals surface area contributed by atoms with Crippen LogP contribution in [-0.2, 0) is 4.79 Å². The lowest BCUT2D eigenvalue weighted by atomic mass is 10.1. The Morgan fingerprint density at radius 2 is 2.09 bits per heavy atom. The summed E-state index contributed by atoms with van der Waals surface area (Å²) in [5, 5.41) is -0.296. The van der Waals surface area contributed by atoms with Crippen molar-refractivity contribution in [3.05, 3.63) is 41.3 Å². The maximum atomic E-state index is 12.3. The minimum atomic E-state index is -0.321. The standard InChI is InChI=1S/C17H19NO4S/c1-5-9-18-16(19)14(23-17(18)20)10-12-7-6-8-13(21-4)15(12)22-11(2)3/h5-8,10-11H,1,9H2,2-4H3/b14-10-. The van der Waals surface area contributed by atoms with E-state index < -0.39 is 0 Å². The summed E-state index contributed by atoms with van der Waals surface area (Å²) in [7, 11) is 1.56. The molecule has 122 valence electrons. The Morgan fingerprint density at radius 1 is 1.35 bits per heavy atom. The highest BCUT2D eigenvalue weighted by Gasteiger charge is 2.34. The molecular formula is C17H19NO4S. The van der Waals surface area contributed by atoms with Gasteiger partial charge in [0.2, 0.25) is 0 Å². The normalized spacial score (nSPS) is 16.3. The van der Waals surface area contributed by atoms with E-state index in [9.17, 15) is 9.59 Å². The van der Waals surface area contributed by atoms with Crippen molar-refractivity contribution in [1.82, 2.24) is 4.90 Å². The van der Waals surface area contributed by atoms with Crippen molar-refractivity contribution in [2.24, 2.45) is 0 Å². The van der Waals surface area contributed by atoms with Crippen LogP contribution >= 0.6 is 11.8 Å². The number of methoxy groups -OCH3 is 1. The van der Waals surface area contributed by atoms with Crippen LogP contribution in [0.2, 0.25) is 0 Å². The third kappa shape index (κ3) is 3.76. The monoisotopic (exact) mass is 333 g/mol. The molecule has 0 unspecified atom stereocenters. The minimum Gasteiger partial charge on any atom is -0.493 e. The highest BCUT2D eigenvalue weighted by Crippen LogP contribution is 2.37. The number of amides is 2. The molecule has 1 aliphatic rings. The molecule has 1 aromatic rings. The predicted molar refractivity (Wildman–Crippen MR) is 91.6 cm³/mol. The van der Waals surface area contributed by atoms with Gasteiger partial charge in [-0.15, -0.1) is 6.58 Å². The number of hydrogen-bond donors (Lipinski definition) is 0. The summed E-state index contributed by atoms with van der Waals surface area (Å²) in [5.41, 5.74) is 0.696. The number of carbonyl (C=O) groups is 2. The van der Waals surface area contributed by atoms with Gasteiger partial charge in [-0.25, -0.2) is 0 Å². The number of hydrogen-bond acceptors (Lipinski definition) is 5. The van der Waals surface area contributed by atoms with E-state index in [0.717, 1.165) is 16.7 Å². The van der Waals surface area contributed by atoms with E-state index in [4.69, 9.17) is 9.47 Å². The summed E-state index contributed by atoms with van der Waals surface area (Å²) in [4.78, 5) is 25.7. The van der Waals surface area contributed by atoms with Crippen LogP contribution in [0.3, 0.4) is 0 Å². The largest absolute Gasteiger partial charge is 0.493 e. The van der Waals surface area contributed by atoms with Gasteiger partial charge in [-0.05, 0) is 37.8 Å². The van der Waals surface area contributed by atoms with Crippen molar-refractivity contribution >= 4 is 29.0 Å². The minimum absolute atomic E-state index is 0.0470. The number of ether oxygens (including phenoxy) is 2. The highest BCUT2D eigenvalue weighted by atomic mass is 32.2. The molecule has 1 heterocycles. The second-order valence-corrected chi connectivity index (χ2v) is 6.12. The van der Waals surface area contributed by atoms with Crippen molar-refractivity contribution in [3.8, 4) is 11.5 Å². The van der Waals surface area contributed by atoms with E-state index in [0.29, 0.717) is 22.0 Å². The number of rotatable bonds is 6. The second kappa shape index (κ2) is 7.37. The van der Waals surface area contributed by atoms with Gasteiger partial charge in [-0.3, -0.25) is 14.5 Å². The summed E-state index contributed by atoms with van der Waals surface area (Å²) < 4.78 is 11.1. The predicted octanol–water partition coefficient (Wildman–Crippen LogP) is 3.70. The van der Waals surface area contributed by atoms with E-state index in [1.807, 2.05) is 26.0 Å².